The molecule has 2 rings (SSSR count). The van der Waals surface area contributed by atoms with Gasteiger partial charge in [-0.25, -0.2) is 4.98 Å². The van der Waals surface area contributed by atoms with Crippen molar-refractivity contribution in [3.63, 3.8) is 0 Å². The molecule has 0 atom stereocenters. The molecule has 2 aromatic heterocycles. The van der Waals surface area contributed by atoms with E-state index >= 15 is 0 Å². The number of rotatable bonds is 6. The fourth-order valence-electron chi connectivity index (χ4n) is 1.46. The molecule has 0 bridgehead atoms. The molecule has 0 aliphatic carbocycles. The van der Waals surface area contributed by atoms with E-state index in [4.69, 9.17) is 5.11 Å². The summed E-state index contributed by atoms with van der Waals surface area (Å²) in [5, 5.41) is 15.7. The largest absolute Gasteiger partial charge is 0.481 e. The van der Waals surface area contributed by atoms with E-state index in [0.29, 0.717) is 17.2 Å². The topological polar surface area (TPSA) is 79.3 Å². The van der Waals surface area contributed by atoms with Crippen LogP contribution in [-0.2, 0) is 29.0 Å². The van der Waals surface area contributed by atoms with Gasteiger partial charge in [0, 0.05) is 10.3 Å². The Bertz CT molecular complexity index is 563. The Balaban J connectivity index is 1.81. The summed E-state index contributed by atoms with van der Waals surface area (Å²) in [6, 6.07) is 3.89. The number of carboxylic acid groups (broad SMARTS) is 1. The van der Waals surface area contributed by atoms with Crippen LogP contribution in [0.4, 0.5) is 0 Å². The van der Waals surface area contributed by atoms with Gasteiger partial charge in [-0.05, 0) is 11.4 Å². The van der Waals surface area contributed by atoms with Crippen molar-refractivity contribution in [3.05, 3.63) is 38.5 Å². The van der Waals surface area contributed by atoms with E-state index in [1.807, 2.05) is 17.5 Å². The second kappa shape index (κ2) is 6.44. The van der Waals surface area contributed by atoms with Crippen molar-refractivity contribution in [1.82, 2.24) is 10.3 Å². The highest BCUT2D eigenvalue weighted by molar-refractivity contribution is 7.10. The van der Waals surface area contributed by atoms with E-state index in [2.05, 4.69) is 10.3 Å². The smallest absolute Gasteiger partial charge is 0.309 e. The molecular weight excluding hydrogens is 284 g/mol. The van der Waals surface area contributed by atoms with Crippen molar-refractivity contribution in [2.24, 2.45) is 0 Å². The number of nitrogens with one attached hydrogen (secondary N) is 1. The van der Waals surface area contributed by atoms with Gasteiger partial charge in [0.2, 0.25) is 5.91 Å². The van der Waals surface area contributed by atoms with Gasteiger partial charge in [-0.3, -0.25) is 9.59 Å². The highest BCUT2D eigenvalue weighted by atomic mass is 32.1. The molecule has 100 valence electrons. The minimum absolute atomic E-state index is 0.104. The van der Waals surface area contributed by atoms with Crippen LogP contribution in [0.5, 0.6) is 0 Å². The maximum Gasteiger partial charge on any atom is 0.309 e. The van der Waals surface area contributed by atoms with E-state index < -0.39 is 5.97 Å². The van der Waals surface area contributed by atoms with Crippen LogP contribution in [0.2, 0.25) is 0 Å². The number of hydrogen-bond donors (Lipinski definition) is 2. The lowest BCUT2D eigenvalue weighted by molar-refractivity contribution is -0.136. The molecule has 0 unspecified atom stereocenters. The molecule has 0 saturated heterocycles. The summed E-state index contributed by atoms with van der Waals surface area (Å²) in [6.45, 7) is 0.518. The van der Waals surface area contributed by atoms with Crippen LogP contribution in [0.25, 0.3) is 0 Å². The Labute approximate surface area is 117 Å². The zero-order chi connectivity index (χ0) is 13.7. The number of aromatic nitrogens is 1. The molecule has 0 spiro atoms. The Morgan fingerprint density at radius 2 is 2.16 bits per heavy atom. The third-order valence-corrected chi connectivity index (χ3v) is 4.06. The second-order valence-electron chi connectivity index (χ2n) is 3.84. The summed E-state index contributed by atoms with van der Waals surface area (Å²) in [4.78, 5) is 27.4. The van der Waals surface area contributed by atoms with Gasteiger partial charge in [0.25, 0.3) is 0 Å². The lowest BCUT2D eigenvalue weighted by atomic mass is 10.3. The summed E-state index contributed by atoms with van der Waals surface area (Å²) < 4.78 is 0. The van der Waals surface area contributed by atoms with Crippen molar-refractivity contribution < 1.29 is 14.7 Å². The van der Waals surface area contributed by atoms with Crippen LogP contribution in [0, 0.1) is 0 Å². The molecule has 0 aliphatic rings. The Hall–Kier alpha value is -1.73. The normalized spacial score (nSPS) is 10.3. The first-order valence-corrected chi connectivity index (χ1v) is 7.33. The number of aliphatic carboxylic acids is 1. The van der Waals surface area contributed by atoms with Gasteiger partial charge in [0.1, 0.15) is 5.01 Å². The van der Waals surface area contributed by atoms with Crippen molar-refractivity contribution in [2.45, 2.75) is 19.4 Å². The van der Waals surface area contributed by atoms with Crippen molar-refractivity contribution >= 4 is 34.6 Å². The number of amides is 1. The molecule has 0 aromatic carbocycles. The zero-order valence-electron chi connectivity index (χ0n) is 9.96. The summed E-state index contributed by atoms with van der Waals surface area (Å²) in [5.41, 5.74) is 0.499. The molecule has 2 aromatic rings. The fraction of sp³-hybridized carbons (Fsp3) is 0.250. The zero-order valence-corrected chi connectivity index (χ0v) is 11.6. The number of thiazole rings is 1. The van der Waals surface area contributed by atoms with Gasteiger partial charge in [-0.1, -0.05) is 6.07 Å². The molecule has 0 radical (unpaired) electrons. The standard InChI is InChI=1S/C12H12N2O3S2/c15-10(13-6-9-2-1-3-18-9)5-11-14-8(7-19-11)4-12(16)17/h1-3,7H,4-6H2,(H,13,15)(H,16,17). The number of nitrogens with zero attached hydrogens (tertiary/aromatic N) is 1. The van der Waals surface area contributed by atoms with Gasteiger partial charge >= 0.3 is 5.97 Å². The number of carbonyl (C=O) groups is 2. The van der Waals surface area contributed by atoms with Crippen LogP contribution in [-0.4, -0.2) is 22.0 Å². The van der Waals surface area contributed by atoms with Crippen molar-refractivity contribution in [1.29, 1.82) is 0 Å². The maximum absolute atomic E-state index is 11.7. The molecule has 19 heavy (non-hydrogen) atoms. The van der Waals surface area contributed by atoms with E-state index in [0.717, 1.165) is 4.88 Å². The van der Waals surface area contributed by atoms with Crippen molar-refractivity contribution in [3.8, 4) is 0 Å². The average Bonchev–Trinajstić information content (AvgIpc) is 2.97. The third-order valence-electron chi connectivity index (χ3n) is 2.28. The minimum Gasteiger partial charge on any atom is -0.481 e. The van der Waals surface area contributed by atoms with E-state index in [1.54, 1.807) is 16.7 Å². The molecule has 2 heterocycles. The van der Waals surface area contributed by atoms with E-state index in [-0.39, 0.29) is 18.7 Å². The molecule has 0 fully saturated rings. The monoisotopic (exact) mass is 296 g/mol. The first-order chi connectivity index (χ1) is 9.13. The highest BCUT2D eigenvalue weighted by Crippen LogP contribution is 2.12. The molecule has 2 N–H and O–H groups in total. The Kier molecular flexibility index (Phi) is 4.64. The Morgan fingerprint density at radius 3 is 2.84 bits per heavy atom. The molecular formula is C12H12N2O3S2. The van der Waals surface area contributed by atoms with Crippen molar-refractivity contribution in [2.75, 3.05) is 0 Å². The molecule has 0 aliphatic heterocycles. The van der Waals surface area contributed by atoms with Gasteiger partial charge in [0.05, 0.1) is 25.1 Å². The molecule has 0 saturated carbocycles. The summed E-state index contributed by atoms with van der Waals surface area (Å²) >= 11 is 2.90. The fourth-order valence-corrected chi connectivity index (χ4v) is 2.90. The van der Waals surface area contributed by atoms with Crippen LogP contribution in [0.15, 0.2) is 22.9 Å². The van der Waals surface area contributed by atoms with Crippen LogP contribution >= 0.6 is 22.7 Å². The van der Waals surface area contributed by atoms with Crippen LogP contribution in [0.3, 0.4) is 0 Å². The molecule has 1 amide bonds. The quantitative estimate of drug-likeness (QED) is 0.850. The summed E-state index contributed by atoms with van der Waals surface area (Å²) in [7, 11) is 0. The maximum atomic E-state index is 11.7. The van der Waals surface area contributed by atoms with Gasteiger partial charge < -0.3 is 10.4 Å². The lowest BCUT2D eigenvalue weighted by Gasteiger charge is -2.01. The summed E-state index contributed by atoms with van der Waals surface area (Å²) in [5.74, 6) is -1.02. The molecule has 5 nitrogen and oxygen atoms in total. The first-order valence-electron chi connectivity index (χ1n) is 5.57. The number of thiophene rings is 1. The number of carboxylic acids is 1. The Morgan fingerprint density at radius 1 is 1.32 bits per heavy atom. The SMILES string of the molecule is O=C(O)Cc1csc(CC(=O)NCc2cccs2)n1. The minimum atomic E-state index is -0.918. The summed E-state index contributed by atoms with van der Waals surface area (Å²) in [6.07, 6.45) is 0.0863. The molecule has 7 heteroatoms. The number of hydrogen-bond acceptors (Lipinski definition) is 5. The van der Waals surface area contributed by atoms with Gasteiger partial charge in [-0.15, -0.1) is 22.7 Å². The predicted molar refractivity (Wildman–Crippen MR) is 73.3 cm³/mol. The average molecular weight is 296 g/mol. The number of carbonyl (C=O) groups excluding carboxylic acids is 1. The van der Waals surface area contributed by atoms with Gasteiger partial charge in [0.15, 0.2) is 0 Å². The third kappa shape index (κ3) is 4.46. The second-order valence-corrected chi connectivity index (χ2v) is 5.81. The van der Waals surface area contributed by atoms with Gasteiger partial charge in [-0.2, -0.15) is 0 Å². The van der Waals surface area contributed by atoms with Crippen LogP contribution in [0.1, 0.15) is 15.6 Å². The first kappa shape index (κ1) is 13.7. The van der Waals surface area contributed by atoms with E-state index in [1.165, 1.54) is 11.3 Å². The van der Waals surface area contributed by atoms with E-state index in [9.17, 15) is 9.59 Å². The highest BCUT2D eigenvalue weighted by Gasteiger charge is 2.10. The van der Waals surface area contributed by atoms with Crippen LogP contribution < -0.4 is 5.32 Å². The predicted octanol–water partition coefficient (Wildman–Crippen LogP) is 1.69. The lowest BCUT2D eigenvalue weighted by Crippen LogP contribution is -2.24.